The number of hydrogen-bond donors (Lipinski definition) is 1. The Morgan fingerprint density at radius 3 is 2.00 bits per heavy atom. The molecule has 2 fully saturated rings. The van der Waals surface area contributed by atoms with Crippen LogP contribution < -0.4 is 5.73 Å². The minimum Gasteiger partial charge on any atom is -0.325 e. The van der Waals surface area contributed by atoms with Gasteiger partial charge in [-0.05, 0) is 50.9 Å². The van der Waals surface area contributed by atoms with Crippen LogP contribution in [0.2, 0.25) is 0 Å². The Morgan fingerprint density at radius 2 is 1.67 bits per heavy atom. The van der Waals surface area contributed by atoms with Crippen LogP contribution in [0, 0.1) is 11.3 Å². The maximum atomic E-state index is 6.26. The van der Waals surface area contributed by atoms with Gasteiger partial charge in [-0.1, -0.05) is 12.8 Å². The van der Waals surface area contributed by atoms with E-state index in [1.807, 2.05) is 0 Å². The van der Waals surface area contributed by atoms with Crippen LogP contribution in [-0.4, -0.2) is 5.54 Å². The number of hydrogen-bond acceptors (Lipinski definition) is 1. The second-order valence-corrected chi connectivity index (χ2v) is 5.36. The molecule has 0 heterocycles. The van der Waals surface area contributed by atoms with E-state index in [1.165, 1.54) is 38.5 Å². The molecule has 0 atom stereocenters. The van der Waals surface area contributed by atoms with Crippen molar-refractivity contribution in [2.75, 3.05) is 0 Å². The molecule has 0 aromatic heterocycles. The molecule has 0 spiro atoms. The largest absolute Gasteiger partial charge is 0.325 e. The first-order valence-corrected chi connectivity index (χ1v) is 5.35. The van der Waals surface area contributed by atoms with Crippen molar-refractivity contribution in [3.05, 3.63) is 0 Å². The van der Waals surface area contributed by atoms with Gasteiger partial charge in [-0.15, -0.1) is 0 Å². The third-order valence-electron chi connectivity index (χ3n) is 4.21. The summed E-state index contributed by atoms with van der Waals surface area (Å²) in [4.78, 5) is 0. The molecular weight excluding hydrogens is 146 g/mol. The lowest BCUT2D eigenvalue weighted by Crippen LogP contribution is -2.45. The Morgan fingerprint density at radius 1 is 1.17 bits per heavy atom. The topological polar surface area (TPSA) is 26.0 Å². The number of nitrogens with two attached hydrogens (primary N) is 1. The molecular formula is C11H21N. The first-order valence-electron chi connectivity index (χ1n) is 5.35. The average molecular weight is 167 g/mol. The molecule has 0 saturated heterocycles. The lowest BCUT2D eigenvalue weighted by Gasteiger charge is -2.35. The van der Waals surface area contributed by atoms with E-state index in [1.54, 1.807) is 0 Å². The fraction of sp³-hybridized carbons (Fsp3) is 1.00. The van der Waals surface area contributed by atoms with Crippen molar-refractivity contribution in [1.82, 2.24) is 0 Å². The molecule has 2 N–H and O–H groups in total. The standard InChI is InChI=1S/C11H21N/c1-10(2,12)11(7-8-11)9-5-3-4-6-9/h9H,3-8,12H2,1-2H3. The molecule has 2 rings (SSSR count). The van der Waals surface area contributed by atoms with Gasteiger partial charge < -0.3 is 5.73 Å². The summed E-state index contributed by atoms with van der Waals surface area (Å²) in [6.45, 7) is 4.44. The van der Waals surface area contributed by atoms with Gasteiger partial charge >= 0.3 is 0 Å². The van der Waals surface area contributed by atoms with Crippen LogP contribution in [0.25, 0.3) is 0 Å². The summed E-state index contributed by atoms with van der Waals surface area (Å²) in [7, 11) is 0. The van der Waals surface area contributed by atoms with Crippen LogP contribution in [0.3, 0.4) is 0 Å². The molecule has 12 heavy (non-hydrogen) atoms. The van der Waals surface area contributed by atoms with Crippen LogP contribution in [0.5, 0.6) is 0 Å². The highest BCUT2D eigenvalue weighted by Gasteiger charge is 2.57. The Hall–Kier alpha value is -0.0400. The van der Waals surface area contributed by atoms with E-state index in [0.29, 0.717) is 5.41 Å². The monoisotopic (exact) mass is 167 g/mol. The van der Waals surface area contributed by atoms with E-state index in [-0.39, 0.29) is 5.54 Å². The van der Waals surface area contributed by atoms with Crippen molar-refractivity contribution in [3.8, 4) is 0 Å². The van der Waals surface area contributed by atoms with Gasteiger partial charge in [0.25, 0.3) is 0 Å². The van der Waals surface area contributed by atoms with Gasteiger partial charge in [0.1, 0.15) is 0 Å². The van der Waals surface area contributed by atoms with E-state index >= 15 is 0 Å². The zero-order chi connectivity index (χ0) is 8.82. The first-order chi connectivity index (χ1) is 5.56. The molecule has 2 aliphatic carbocycles. The lowest BCUT2D eigenvalue weighted by atomic mass is 9.74. The summed E-state index contributed by atoms with van der Waals surface area (Å²) in [6, 6.07) is 0. The molecule has 0 aromatic rings. The second-order valence-electron chi connectivity index (χ2n) is 5.36. The second kappa shape index (κ2) is 2.47. The Kier molecular flexibility index (Phi) is 1.76. The van der Waals surface area contributed by atoms with E-state index in [2.05, 4.69) is 13.8 Å². The van der Waals surface area contributed by atoms with Crippen LogP contribution >= 0.6 is 0 Å². The van der Waals surface area contributed by atoms with Crippen LogP contribution in [-0.2, 0) is 0 Å². The zero-order valence-corrected chi connectivity index (χ0v) is 8.40. The third kappa shape index (κ3) is 1.10. The van der Waals surface area contributed by atoms with Crippen molar-refractivity contribution in [1.29, 1.82) is 0 Å². The Balaban J connectivity index is 2.10. The highest BCUT2D eigenvalue weighted by Crippen LogP contribution is 2.62. The summed E-state index contributed by atoms with van der Waals surface area (Å²) < 4.78 is 0. The number of rotatable bonds is 2. The zero-order valence-electron chi connectivity index (χ0n) is 8.40. The summed E-state index contributed by atoms with van der Waals surface area (Å²) in [5.74, 6) is 0.956. The molecule has 2 saturated carbocycles. The summed E-state index contributed by atoms with van der Waals surface area (Å²) in [6.07, 6.45) is 8.56. The fourth-order valence-corrected chi connectivity index (χ4v) is 3.19. The fourth-order valence-electron chi connectivity index (χ4n) is 3.19. The molecule has 0 aliphatic heterocycles. The summed E-state index contributed by atoms with van der Waals surface area (Å²) in [5, 5.41) is 0. The predicted molar refractivity (Wildman–Crippen MR) is 51.9 cm³/mol. The van der Waals surface area contributed by atoms with Crippen LogP contribution in [0.4, 0.5) is 0 Å². The van der Waals surface area contributed by atoms with Crippen molar-refractivity contribution in [2.45, 2.75) is 57.9 Å². The van der Waals surface area contributed by atoms with E-state index in [9.17, 15) is 0 Å². The minimum absolute atomic E-state index is 0.0714. The molecule has 0 radical (unpaired) electrons. The van der Waals surface area contributed by atoms with Gasteiger partial charge in [0, 0.05) is 5.54 Å². The van der Waals surface area contributed by atoms with Gasteiger partial charge in [0.15, 0.2) is 0 Å². The van der Waals surface area contributed by atoms with Crippen LogP contribution in [0.1, 0.15) is 52.4 Å². The minimum atomic E-state index is 0.0714. The predicted octanol–water partition coefficient (Wildman–Crippen LogP) is 2.69. The normalized spacial score (nSPS) is 29.2. The van der Waals surface area contributed by atoms with Gasteiger partial charge in [-0.25, -0.2) is 0 Å². The molecule has 2 aliphatic rings. The summed E-state index contributed by atoms with van der Waals surface area (Å²) >= 11 is 0. The van der Waals surface area contributed by atoms with Gasteiger partial charge in [0.2, 0.25) is 0 Å². The van der Waals surface area contributed by atoms with Crippen molar-refractivity contribution in [3.63, 3.8) is 0 Å². The maximum Gasteiger partial charge on any atom is 0.0156 e. The molecule has 1 heteroatoms. The van der Waals surface area contributed by atoms with E-state index in [4.69, 9.17) is 5.73 Å². The first kappa shape index (κ1) is 8.55. The molecule has 0 amide bonds. The molecule has 0 bridgehead atoms. The summed E-state index contributed by atoms with van der Waals surface area (Å²) in [5.41, 5.74) is 6.87. The van der Waals surface area contributed by atoms with Crippen molar-refractivity contribution >= 4 is 0 Å². The maximum absolute atomic E-state index is 6.26. The Labute approximate surface area is 75.7 Å². The van der Waals surface area contributed by atoms with E-state index in [0.717, 1.165) is 5.92 Å². The molecule has 70 valence electrons. The van der Waals surface area contributed by atoms with Crippen molar-refractivity contribution in [2.24, 2.45) is 17.1 Å². The van der Waals surface area contributed by atoms with E-state index < -0.39 is 0 Å². The van der Waals surface area contributed by atoms with Gasteiger partial charge in [-0.2, -0.15) is 0 Å². The lowest BCUT2D eigenvalue weighted by molar-refractivity contribution is 0.192. The molecule has 1 nitrogen and oxygen atoms in total. The average Bonchev–Trinajstić information content (AvgIpc) is 2.61. The molecule has 0 aromatic carbocycles. The Bertz CT molecular complexity index is 168. The van der Waals surface area contributed by atoms with Crippen LogP contribution in [0.15, 0.2) is 0 Å². The quantitative estimate of drug-likeness (QED) is 0.672. The SMILES string of the molecule is CC(C)(N)C1(C2CCCC2)CC1. The molecule has 0 unspecified atom stereocenters. The van der Waals surface area contributed by atoms with Crippen molar-refractivity contribution < 1.29 is 0 Å². The third-order valence-corrected chi connectivity index (χ3v) is 4.21. The van der Waals surface area contributed by atoms with Gasteiger partial charge in [0.05, 0.1) is 0 Å². The highest BCUT2D eigenvalue weighted by atomic mass is 14.8. The highest BCUT2D eigenvalue weighted by molar-refractivity contribution is 5.10. The smallest absolute Gasteiger partial charge is 0.0156 e. The van der Waals surface area contributed by atoms with Gasteiger partial charge in [-0.3, -0.25) is 0 Å².